The molecule has 1 fully saturated rings. The van der Waals surface area contributed by atoms with E-state index in [-0.39, 0.29) is 18.6 Å². The Morgan fingerprint density at radius 1 is 1.53 bits per heavy atom. The monoisotopic (exact) mass is 234 g/mol. The van der Waals surface area contributed by atoms with E-state index < -0.39 is 0 Å². The zero-order valence-electron chi connectivity index (χ0n) is 9.97. The Balaban J connectivity index is 2.24. The van der Waals surface area contributed by atoms with Gasteiger partial charge in [0, 0.05) is 12.2 Å². The van der Waals surface area contributed by atoms with Gasteiger partial charge in [0.2, 0.25) is 0 Å². The van der Waals surface area contributed by atoms with E-state index in [1.165, 1.54) is 0 Å². The molecule has 3 N–H and O–H groups in total. The molecule has 1 amide bonds. The maximum Gasteiger partial charge on any atom is 0.256 e. The number of hydrogen-bond acceptors (Lipinski definition) is 3. The van der Waals surface area contributed by atoms with E-state index in [4.69, 9.17) is 5.73 Å². The molecule has 1 aromatic carbocycles. The second-order valence-corrected chi connectivity index (χ2v) is 4.60. The zero-order valence-corrected chi connectivity index (χ0v) is 9.97. The van der Waals surface area contributed by atoms with Crippen molar-refractivity contribution in [2.24, 2.45) is 5.92 Å². The third-order valence-electron chi connectivity index (χ3n) is 3.52. The van der Waals surface area contributed by atoms with Crippen molar-refractivity contribution in [2.45, 2.75) is 19.4 Å². The van der Waals surface area contributed by atoms with E-state index in [1.54, 1.807) is 23.1 Å². The lowest BCUT2D eigenvalue weighted by Crippen LogP contribution is -2.40. The highest BCUT2D eigenvalue weighted by Crippen LogP contribution is 2.26. The summed E-state index contributed by atoms with van der Waals surface area (Å²) in [6, 6.07) is 6.98. The highest BCUT2D eigenvalue weighted by molar-refractivity contribution is 5.99. The predicted molar refractivity (Wildman–Crippen MR) is 66.5 cm³/mol. The third kappa shape index (κ3) is 2.13. The Morgan fingerprint density at radius 2 is 2.24 bits per heavy atom. The second kappa shape index (κ2) is 4.75. The van der Waals surface area contributed by atoms with E-state index in [0.717, 1.165) is 6.42 Å². The van der Waals surface area contributed by atoms with Crippen LogP contribution in [0.2, 0.25) is 0 Å². The molecule has 2 atom stereocenters. The van der Waals surface area contributed by atoms with Crippen molar-refractivity contribution in [1.29, 1.82) is 0 Å². The lowest BCUT2D eigenvalue weighted by Gasteiger charge is -2.25. The van der Waals surface area contributed by atoms with Crippen molar-refractivity contribution >= 4 is 11.6 Å². The van der Waals surface area contributed by atoms with Crippen LogP contribution in [-0.2, 0) is 0 Å². The van der Waals surface area contributed by atoms with Gasteiger partial charge in [0.05, 0.1) is 18.2 Å². The van der Waals surface area contributed by atoms with Gasteiger partial charge >= 0.3 is 0 Å². The number of aliphatic hydroxyl groups excluding tert-OH is 1. The van der Waals surface area contributed by atoms with Crippen LogP contribution in [0.3, 0.4) is 0 Å². The minimum atomic E-state index is -0.0814. The largest absolute Gasteiger partial charge is 0.398 e. The van der Waals surface area contributed by atoms with Crippen LogP contribution in [0.1, 0.15) is 23.7 Å². The lowest BCUT2D eigenvalue weighted by molar-refractivity contribution is 0.0649. The summed E-state index contributed by atoms with van der Waals surface area (Å²) in [4.78, 5) is 14.0. The number of likely N-dealkylation sites (tertiary alicyclic amines) is 1. The van der Waals surface area contributed by atoms with Crippen LogP contribution in [0.5, 0.6) is 0 Å². The van der Waals surface area contributed by atoms with E-state index in [0.29, 0.717) is 23.7 Å². The number of nitrogens with zero attached hydrogens (tertiary/aromatic N) is 1. The van der Waals surface area contributed by atoms with Crippen LogP contribution in [-0.4, -0.2) is 35.1 Å². The molecule has 4 nitrogen and oxygen atoms in total. The van der Waals surface area contributed by atoms with Gasteiger partial charge in [0.25, 0.3) is 5.91 Å². The summed E-state index contributed by atoms with van der Waals surface area (Å²) in [5.74, 6) is 0.264. The van der Waals surface area contributed by atoms with Crippen LogP contribution in [0.15, 0.2) is 24.3 Å². The van der Waals surface area contributed by atoms with Crippen LogP contribution >= 0.6 is 0 Å². The summed E-state index contributed by atoms with van der Waals surface area (Å²) >= 11 is 0. The highest BCUT2D eigenvalue weighted by Gasteiger charge is 2.34. The molecule has 0 saturated carbocycles. The van der Waals surface area contributed by atoms with Gasteiger partial charge in [-0.15, -0.1) is 0 Å². The van der Waals surface area contributed by atoms with Gasteiger partial charge in [-0.2, -0.15) is 0 Å². The quantitative estimate of drug-likeness (QED) is 0.753. The number of benzene rings is 1. The summed E-state index contributed by atoms with van der Waals surface area (Å²) in [6.45, 7) is 2.77. The molecule has 0 bridgehead atoms. The molecular formula is C13H18N2O2. The number of carbonyl (C=O) groups is 1. The maximum atomic E-state index is 12.3. The normalized spacial score (nSPS) is 24.0. The van der Waals surface area contributed by atoms with Crippen molar-refractivity contribution in [3.8, 4) is 0 Å². The van der Waals surface area contributed by atoms with Gasteiger partial charge in [0.1, 0.15) is 0 Å². The number of anilines is 1. The van der Waals surface area contributed by atoms with Crippen LogP contribution < -0.4 is 5.73 Å². The number of amides is 1. The molecule has 1 aromatic rings. The SMILES string of the molecule is CC1CCN(C(=O)c2ccccc2N)C1CO. The minimum absolute atomic E-state index is 0.0135. The van der Waals surface area contributed by atoms with Crippen molar-refractivity contribution < 1.29 is 9.90 Å². The molecule has 4 heteroatoms. The van der Waals surface area contributed by atoms with Crippen LogP contribution in [0, 0.1) is 5.92 Å². The van der Waals surface area contributed by atoms with Gasteiger partial charge in [-0.05, 0) is 24.5 Å². The molecule has 17 heavy (non-hydrogen) atoms. The Kier molecular flexibility index (Phi) is 3.33. The van der Waals surface area contributed by atoms with Crippen LogP contribution in [0.4, 0.5) is 5.69 Å². The summed E-state index contributed by atoms with van der Waals surface area (Å²) in [5, 5.41) is 9.35. The van der Waals surface area contributed by atoms with Crippen molar-refractivity contribution in [2.75, 3.05) is 18.9 Å². The number of nitrogens with two attached hydrogens (primary N) is 1. The molecule has 1 heterocycles. The van der Waals surface area contributed by atoms with Crippen molar-refractivity contribution in [3.05, 3.63) is 29.8 Å². The average Bonchev–Trinajstić information content (AvgIpc) is 2.70. The number of carbonyl (C=O) groups excluding carboxylic acids is 1. The third-order valence-corrected chi connectivity index (χ3v) is 3.52. The van der Waals surface area contributed by atoms with Gasteiger partial charge in [-0.3, -0.25) is 4.79 Å². The fourth-order valence-electron chi connectivity index (χ4n) is 2.39. The fourth-order valence-corrected chi connectivity index (χ4v) is 2.39. The summed E-state index contributed by atoms with van der Waals surface area (Å²) in [5.41, 5.74) is 6.82. The van der Waals surface area contributed by atoms with E-state index in [2.05, 4.69) is 6.92 Å². The molecule has 0 radical (unpaired) electrons. The average molecular weight is 234 g/mol. The van der Waals surface area contributed by atoms with Crippen molar-refractivity contribution in [3.63, 3.8) is 0 Å². The topological polar surface area (TPSA) is 66.6 Å². The van der Waals surface area contributed by atoms with E-state index in [9.17, 15) is 9.90 Å². The number of aliphatic hydroxyl groups is 1. The first-order valence-corrected chi connectivity index (χ1v) is 5.91. The van der Waals surface area contributed by atoms with Gasteiger partial charge in [-0.25, -0.2) is 0 Å². The molecule has 0 spiro atoms. The summed E-state index contributed by atoms with van der Waals surface area (Å²) in [7, 11) is 0. The molecule has 92 valence electrons. The Labute approximate surface area is 101 Å². The predicted octanol–water partition coefficient (Wildman–Crippen LogP) is 1.11. The molecule has 1 saturated heterocycles. The van der Waals surface area contributed by atoms with Crippen molar-refractivity contribution in [1.82, 2.24) is 4.90 Å². The molecule has 1 aliphatic rings. The fraction of sp³-hybridized carbons (Fsp3) is 0.462. The van der Waals surface area contributed by atoms with E-state index in [1.807, 2.05) is 6.07 Å². The number of hydrogen-bond donors (Lipinski definition) is 2. The lowest BCUT2D eigenvalue weighted by atomic mass is 10.0. The number of para-hydroxylation sites is 1. The minimum Gasteiger partial charge on any atom is -0.398 e. The molecule has 1 aliphatic heterocycles. The Hall–Kier alpha value is -1.55. The van der Waals surface area contributed by atoms with Gasteiger partial charge < -0.3 is 15.7 Å². The molecule has 0 aliphatic carbocycles. The molecule has 0 aromatic heterocycles. The Bertz CT molecular complexity index is 420. The summed E-state index contributed by atoms with van der Waals surface area (Å²) in [6.07, 6.45) is 0.934. The first-order valence-electron chi connectivity index (χ1n) is 5.91. The maximum absolute atomic E-state index is 12.3. The van der Waals surface area contributed by atoms with Gasteiger partial charge in [-0.1, -0.05) is 19.1 Å². The molecule has 2 rings (SSSR count). The first kappa shape index (κ1) is 11.9. The number of rotatable bonds is 2. The van der Waals surface area contributed by atoms with Gasteiger partial charge in [0.15, 0.2) is 0 Å². The molecule has 2 unspecified atom stereocenters. The summed E-state index contributed by atoms with van der Waals surface area (Å²) < 4.78 is 0. The second-order valence-electron chi connectivity index (χ2n) is 4.60. The highest BCUT2D eigenvalue weighted by atomic mass is 16.3. The smallest absolute Gasteiger partial charge is 0.256 e. The van der Waals surface area contributed by atoms with E-state index >= 15 is 0 Å². The number of nitrogen functional groups attached to an aromatic ring is 1. The first-order chi connectivity index (χ1) is 8.15. The molecular weight excluding hydrogens is 216 g/mol. The standard InChI is InChI=1S/C13H18N2O2/c1-9-6-7-15(12(9)8-16)13(17)10-4-2-3-5-11(10)14/h2-5,9,12,16H,6-8,14H2,1H3. The Morgan fingerprint density at radius 3 is 2.88 bits per heavy atom. The zero-order chi connectivity index (χ0) is 12.4. The van der Waals surface area contributed by atoms with Crippen LogP contribution in [0.25, 0.3) is 0 Å².